The quantitative estimate of drug-likeness (QED) is 0.177. The number of unbranched alkanes of at least 4 members (excludes halogenated alkanes) is 4. The van der Waals surface area contributed by atoms with Gasteiger partial charge in [-0.25, -0.2) is 14.2 Å². The molecule has 6 nitrogen and oxygen atoms in total. The molecular weight excluding hydrogens is 451 g/mol. The second kappa shape index (κ2) is 12.4. The second-order valence-electron chi connectivity index (χ2n) is 8.36. The Balaban J connectivity index is 1.59. The highest BCUT2D eigenvalue weighted by molar-refractivity contribution is 7.16. The van der Waals surface area contributed by atoms with Crippen LogP contribution in [0.1, 0.15) is 48.7 Å². The third-order valence-electron chi connectivity index (χ3n) is 5.42. The summed E-state index contributed by atoms with van der Waals surface area (Å²) in [6.45, 7) is 2.58. The molecule has 0 bridgehead atoms. The Bertz CT molecular complexity index is 1070. The highest BCUT2D eigenvalue weighted by Crippen LogP contribution is 2.30. The van der Waals surface area contributed by atoms with Crippen LogP contribution in [0.25, 0.3) is 10.6 Å². The number of hydrogen-bond acceptors (Lipinski definition) is 7. The van der Waals surface area contributed by atoms with Gasteiger partial charge in [0.1, 0.15) is 15.7 Å². The zero-order valence-electron chi connectivity index (χ0n) is 20.3. The minimum absolute atomic E-state index is 0.374. The van der Waals surface area contributed by atoms with Crippen LogP contribution >= 0.6 is 11.3 Å². The van der Waals surface area contributed by atoms with E-state index in [2.05, 4.69) is 17.3 Å². The molecule has 0 saturated heterocycles. The number of aromatic nitrogens is 1. The number of anilines is 3. The Labute approximate surface area is 205 Å². The first-order valence-electron chi connectivity index (χ1n) is 11.6. The van der Waals surface area contributed by atoms with Crippen molar-refractivity contribution in [2.45, 2.75) is 39.0 Å². The lowest BCUT2D eigenvalue weighted by molar-refractivity contribution is 0.0503. The number of nitrogens with one attached hydrogen (secondary N) is 1. The lowest BCUT2D eigenvalue weighted by Gasteiger charge is -2.23. The van der Waals surface area contributed by atoms with Gasteiger partial charge in [-0.3, -0.25) is 10.4 Å². The van der Waals surface area contributed by atoms with Crippen LogP contribution in [0.3, 0.4) is 0 Å². The highest BCUT2D eigenvalue weighted by atomic mass is 32.1. The van der Waals surface area contributed by atoms with Crippen molar-refractivity contribution in [3.63, 3.8) is 0 Å². The van der Waals surface area contributed by atoms with Gasteiger partial charge in [0.25, 0.3) is 0 Å². The summed E-state index contributed by atoms with van der Waals surface area (Å²) in [7, 11) is 5.72. The van der Waals surface area contributed by atoms with Gasteiger partial charge in [0.2, 0.25) is 0 Å². The van der Waals surface area contributed by atoms with E-state index >= 15 is 0 Å². The van der Waals surface area contributed by atoms with Crippen LogP contribution in [0.2, 0.25) is 0 Å². The summed E-state index contributed by atoms with van der Waals surface area (Å²) >= 11 is 1.21. The summed E-state index contributed by atoms with van der Waals surface area (Å²) in [4.78, 5) is 19.0. The summed E-state index contributed by atoms with van der Waals surface area (Å²) in [5, 5.41) is 2.21. The second-order valence-corrected chi connectivity index (χ2v) is 9.39. The van der Waals surface area contributed by atoms with Crippen molar-refractivity contribution in [1.29, 1.82) is 0 Å². The maximum atomic E-state index is 14.9. The summed E-state index contributed by atoms with van der Waals surface area (Å²) in [5.41, 5.74) is 6.14. The molecule has 0 atom stereocenters. The number of hydrazine groups is 1. The zero-order valence-corrected chi connectivity index (χ0v) is 21.1. The summed E-state index contributed by atoms with van der Waals surface area (Å²) in [6, 6.07) is 12.8. The predicted molar refractivity (Wildman–Crippen MR) is 139 cm³/mol. The smallest absolute Gasteiger partial charge is 0.349 e. The fourth-order valence-electron chi connectivity index (χ4n) is 3.44. The van der Waals surface area contributed by atoms with E-state index in [0.717, 1.165) is 30.6 Å². The first-order valence-corrected chi connectivity index (χ1v) is 12.4. The van der Waals surface area contributed by atoms with Gasteiger partial charge in [0.05, 0.1) is 24.2 Å². The molecule has 182 valence electrons. The Morgan fingerprint density at radius 2 is 1.79 bits per heavy atom. The van der Waals surface area contributed by atoms with Gasteiger partial charge in [-0.05, 0) is 48.9 Å². The normalized spacial score (nSPS) is 10.7. The Morgan fingerprint density at radius 3 is 2.47 bits per heavy atom. The van der Waals surface area contributed by atoms with E-state index in [4.69, 9.17) is 4.74 Å². The van der Waals surface area contributed by atoms with Crippen molar-refractivity contribution in [3.8, 4) is 10.6 Å². The molecule has 0 radical (unpaired) electrons. The predicted octanol–water partition coefficient (Wildman–Crippen LogP) is 6.61. The van der Waals surface area contributed by atoms with Gasteiger partial charge in [-0.2, -0.15) is 0 Å². The van der Waals surface area contributed by atoms with E-state index in [0.29, 0.717) is 27.7 Å². The van der Waals surface area contributed by atoms with Gasteiger partial charge < -0.3 is 9.64 Å². The molecule has 0 amide bonds. The fourth-order valence-corrected chi connectivity index (χ4v) is 4.25. The van der Waals surface area contributed by atoms with Crippen molar-refractivity contribution >= 4 is 34.4 Å². The lowest BCUT2D eigenvalue weighted by atomic mass is 10.2. The maximum absolute atomic E-state index is 14.9. The Kier molecular flexibility index (Phi) is 9.27. The number of carbonyl (C=O) groups excluding carboxylic acids is 1. The number of rotatable bonds is 12. The molecular formula is C26H33FN4O2S. The van der Waals surface area contributed by atoms with Gasteiger partial charge in [0, 0.05) is 32.4 Å². The highest BCUT2D eigenvalue weighted by Gasteiger charge is 2.15. The molecule has 0 saturated carbocycles. The van der Waals surface area contributed by atoms with Crippen molar-refractivity contribution in [1.82, 2.24) is 4.98 Å². The third kappa shape index (κ3) is 6.93. The first-order chi connectivity index (χ1) is 16.4. The van der Waals surface area contributed by atoms with E-state index in [1.165, 1.54) is 36.4 Å². The van der Waals surface area contributed by atoms with E-state index in [9.17, 15) is 9.18 Å². The number of halogens is 1. The lowest BCUT2D eigenvalue weighted by Crippen LogP contribution is -2.25. The van der Waals surface area contributed by atoms with Crippen LogP contribution in [0.5, 0.6) is 0 Å². The molecule has 1 aromatic heterocycles. The number of thiazole rings is 1. The maximum Gasteiger partial charge on any atom is 0.349 e. The average Bonchev–Trinajstić information content (AvgIpc) is 3.32. The topological polar surface area (TPSA) is 57.7 Å². The number of hydrogen-bond donors (Lipinski definition) is 1. The average molecular weight is 485 g/mol. The van der Waals surface area contributed by atoms with E-state index in [1.54, 1.807) is 24.2 Å². The molecule has 2 aromatic carbocycles. The van der Waals surface area contributed by atoms with Gasteiger partial charge >= 0.3 is 5.97 Å². The fraction of sp³-hybridized carbons (Fsp3) is 0.385. The van der Waals surface area contributed by atoms with Crippen LogP contribution in [0.4, 0.5) is 21.5 Å². The van der Waals surface area contributed by atoms with Gasteiger partial charge in [-0.15, -0.1) is 11.3 Å². The number of nitrogens with zero attached hydrogens (tertiary/aromatic N) is 3. The molecule has 0 unspecified atom stereocenters. The largest absolute Gasteiger partial charge is 0.461 e. The number of esters is 1. The molecule has 0 fully saturated rings. The van der Waals surface area contributed by atoms with Crippen LogP contribution < -0.4 is 15.3 Å². The number of ether oxygens (including phenoxy) is 1. The van der Waals surface area contributed by atoms with Crippen LogP contribution in [0, 0.1) is 5.82 Å². The minimum Gasteiger partial charge on any atom is -0.461 e. The van der Waals surface area contributed by atoms with Crippen molar-refractivity contribution in [2.75, 3.05) is 43.1 Å². The molecule has 0 aliphatic rings. The molecule has 0 aliphatic carbocycles. The van der Waals surface area contributed by atoms with Gasteiger partial charge in [-0.1, -0.05) is 32.6 Å². The van der Waals surface area contributed by atoms with Crippen molar-refractivity contribution < 1.29 is 13.9 Å². The summed E-state index contributed by atoms with van der Waals surface area (Å²) in [6.07, 6.45) is 6.97. The first kappa shape index (κ1) is 25.5. The summed E-state index contributed by atoms with van der Waals surface area (Å²) < 4.78 is 20.3. The Hall–Kier alpha value is -3.13. The monoisotopic (exact) mass is 484 g/mol. The minimum atomic E-state index is -0.385. The van der Waals surface area contributed by atoms with Crippen LogP contribution in [-0.4, -0.2) is 38.7 Å². The third-order valence-corrected chi connectivity index (χ3v) is 6.45. The molecule has 8 heteroatoms. The molecule has 1 heterocycles. The standard InChI is InChI=1S/C26H33FN4O2S/c1-5-6-7-8-9-16-33-26(32)24-18-28-25(34-24)19-10-15-23(22(27)17-19)31(4)29-20-11-13-21(14-12-20)30(2)3/h10-15,17-18,29H,5-9,16H2,1-4H3. The van der Waals surface area contributed by atoms with Crippen LogP contribution in [0.15, 0.2) is 48.7 Å². The van der Waals surface area contributed by atoms with Crippen molar-refractivity contribution in [2.24, 2.45) is 0 Å². The SMILES string of the molecule is CCCCCCCOC(=O)c1cnc(-c2ccc(N(C)Nc3ccc(N(C)C)cc3)c(F)c2)s1. The molecule has 34 heavy (non-hydrogen) atoms. The molecule has 3 rings (SSSR count). The zero-order chi connectivity index (χ0) is 24.5. The number of carbonyl (C=O) groups is 1. The summed E-state index contributed by atoms with van der Waals surface area (Å²) in [5.74, 6) is -0.760. The molecule has 0 aliphatic heterocycles. The van der Waals surface area contributed by atoms with Crippen LogP contribution in [-0.2, 0) is 4.74 Å². The molecule has 3 aromatic rings. The molecule has 0 spiro atoms. The van der Waals surface area contributed by atoms with E-state index < -0.39 is 0 Å². The van der Waals surface area contributed by atoms with Crippen molar-refractivity contribution in [3.05, 3.63) is 59.4 Å². The van der Waals surface area contributed by atoms with E-state index in [1.807, 2.05) is 43.3 Å². The Morgan fingerprint density at radius 1 is 1.06 bits per heavy atom. The van der Waals surface area contributed by atoms with E-state index in [-0.39, 0.29) is 11.8 Å². The van der Waals surface area contributed by atoms with Gasteiger partial charge in [0.15, 0.2) is 0 Å². The molecule has 1 N–H and O–H groups in total. The number of benzene rings is 2.